The SMILES string of the molecule is COCCn1nc(C)c(NC(=O)C2C(C=C(C)C)C2(C)C)c1C. The normalized spacial score (nSPS) is 21.9. The molecule has 1 heterocycles. The van der Waals surface area contributed by atoms with Gasteiger partial charge in [-0.05, 0) is 39.0 Å². The summed E-state index contributed by atoms with van der Waals surface area (Å²) in [6.07, 6.45) is 2.21. The summed E-state index contributed by atoms with van der Waals surface area (Å²) in [5, 5.41) is 7.60. The number of hydrogen-bond acceptors (Lipinski definition) is 3. The van der Waals surface area contributed by atoms with Crippen LogP contribution < -0.4 is 5.32 Å². The highest BCUT2D eigenvalue weighted by Gasteiger charge is 2.60. The van der Waals surface area contributed by atoms with E-state index in [1.54, 1.807) is 7.11 Å². The number of anilines is 1. The minimum Gasteiger partial charge on any atom is -0.383 e. The molecule has 5 nitrogen and oxygen atoms in total. The average Bonchev–Trinajstić information content (AvgIpc) is 2.87. The molecule has 1 aliphatic rings. The standard InChI is InChI=1S/C18H29N3O2/c1-11(2)10-14-15(18(14,5)6)17(22)19-16-12(3)20-21(13(16)4)8-9-23-7/h10,14-15H,8-9H2,1-7H3,(H,19,22). The van der Waals surface area contributed by atoms with Crippen molar-refractivity contribution in [3.63, 3.8) is 0 Å². The molecule has 0 aromatic carbocycles. The second-order valence-corrected chi connectivity index (χ2v) is 7.32. The van der Waals surface area contributed by atoms with Crippen LogP contribution >= 0.6 is 0 Å². The number of amides is 1. The van der Waals surface area contributed by atoms with Crippen LogP contribution in [-0.2, 0) is 16.1 Å². The minimum atomic E-state index is 0.0230. The van der Waals surface area contributed by atoms with E-state index in [1.807, 2.05) is 18.5 Å². The van der Waals surface area contributed by atoms with Crippen molar-refractivity contribution in [3.8, 4) is 0 Å². The van der Waals surface area contributed by atoms with Crippen LogP contribution in [0.25, 0.3) is 0 Å². The Morgan fingerprint density at radius 1 is 1.39 bits per heavy atom. The van der Waals surface area contributed by atoms with Gasteiger partial charge < -0.3 is 10.1 Å². The number of aromatic nitrogens is 2. The molecule has 5 heteroatoms. The summed E-state index contributed by atoms with van der Waals surface area (Å²) in [7, 11) is 1.67. The molecule has 0 saturated heterocycles. The van der Waals surface area contributed by atoms with Crippen molar-refractivity contribution in [3.05, 3.63) is 23.0 Å². The molecule has 0 radical (unpaired) electrons. The Balaban J connectivity index is 2.13. The van der Waals surface area contributed by atoms with Crippen LogP contribution in [0.5, 0.6) is 0 Å². The van der Waals surface area contributed by atoms with Crippen LogP contribution in [0.2, 0.25) is 0 Å². The Morgan fingerprint density at radius 2 is 2.04 bits per heavy atom. The summed E-state index contributed by atoms with van der Waals surface area (Å²) < 4.78 is 6.99. The van der Waals surface area contributed by atoms with Crippen molar-refractivity contribution in [1.29, 1.82) is 0 Å². The van der Waals surface area contributed by atoms with E-state index in [0.717, 1.165) is 17.1 Å². The van der Waals surface area contributed by atoms with Crippen molar-refractivity contribution in [2.45, 2.75) is 48.1 Å². The van der Waals surface area contributed by atoms with Gasteiger partial charge in [0.15, 0.2) is 0 Å². The monoisotopic (exact) mass is 319 g/mol. The topological polar surface area (TPSA) is 56.1 Å². The highest BCUT2D eigenvalue weighted by Crippen LogP contribution is 2.59. The predicted octanol–water partition coefficient (Wildman–Crippen LogP) is 3.32. The first kappa shape index (κ1) is 17.7. The van der Waals surface area contributed by atoms with E-state index in [4.69, 9.17) is 4.74 Å². The summed E-state index contributed by atoms with van der Waals surface area (Å²) in [5.41, 5.74) is 3.95. The Labute approximate surface area is 139 Å². The lowest BCUT2D eigenvalue weighted by atomic mass is 10.1. The van der Waals surface area contributed by atoms with E-state index in [9.17, 15) is 4.79 Å². The second-order valence-electron chi connectivity index (χ2n) is 7.32. The number of nitrogens with one attached hydrogen (secondary N) is 1. The van der Waals surface area contributed by atoms with Gasteiger partial charge in [-0.25, -0.2) is 0 Å². The third kappa shape index (κ3) is 3.50. The number of carbonyl (C=O) groups is 1. The highest BCUT2D eigenvalue weighted by molar-refractivity contribution is 5.96. The Bertz CT molecular complexity index is 624. The van der Waals surface area contributed by atoms with Crippen molar-refractivity contribution in [2.24, 2.45) is 17.3 Å². The van der Waals surface area contributed by atoms with Gasteiger partial charge in [-0.3, -0.25) is 9.48 Å². The molecular weight excluding hydrogens is 290 g/mol. The molecule has 1 aromatic rings. The molecule has 2 rings (SSSR count). The Morgan fingerprint density at radius 3 is 2.61 bits per heavy atom. The van der Waals surface area contributed by atoms with Gasteiger partial charge in [0.2, 0.25) is 5.91 Å². The van der Waals surface area contributed by atoms with E-state index in [2.05, 4.69) is 44.2 Å². The zero-order chi connectivity index (χ0) is 17.4. The molecule has 0 aliphatic heterocycles. The molecule has 128 valence electrons. The highest BCUT2D eigenvalue weighted by atomic mass is 16.5. The summed E-state index contributed by atoms with van der Waals surface area (Å²) in [6, 6.07) is 0. The van der Waals surface area contributed by atoms with Gasteiger partial charge in [0.25, 0.3) is 0 Å². The van der Waals surface area contributed by atoms with Crippen molar-refractivity contribution in [1.82, 2.24) is 9.78 Å². The fraction of sp³-hybridized carbons (Fsp3) is 0.667. The van der Waals surface area contributed by atoms with Crippen molar-refractivity contribution < 1.29 is 9.53 Å². The summed E-state index contributed by atoms with van der Waals surface area (Å²) in [5.74, 6) is 0.435. The third-order valence-corrected chi connectivity index (χ3v) is 4.84. The number of allylic oxidation sites excluding steroid dienone is 2. The van der Waals surface area contributed by atoms with Gasteiger partial charge in [0.1, 0.15) is 0 Å². The molecule has 2 atom stereocenters. The van der Waals surface area contributed by atoms with Gasteiger partial charge >= 0.3 is 0 Å². The largest absolute Gasteiger partial charge is 0.383 e. The summed E-state index contributed by atoms with van der Waals surface area (Å²) >= 11 is 0. The van der Waals surface area contributed by atoms with Gasteiger partial charge in [0, 0.05) is 7.11 Å². The number of aryl methyl sites for hydroxylation is 1. The average molecular weight is 319 g/mol. The molecular formula is C18H29N3O2. The quantitative estimate of drug-likeness (QED) is 0.818. The lowest BCUT2D eigenvalue weighted by molar-refractivity contribution is -0.118. The molecule has 2 unspecified atom stereocenters. The first-order valence-corrected chi connectivity index (χ1v) is 8.19. The Kier molecular flexibility index (Phi) is 4.99. The van der Waals surface area contributed by atoms with Crippen LogP contribution in [0.15, 0.2) is 11.6 Å². The molecule has 0 bridgehead atoms. The zero-order valence-electron chi connectivity index (χ0n) is 15.4. The van der Waals surface area contributed by atoms with Crippen LogP contribution in [0, 0.1) is 31.1 Å². The fourth-order valence-electron chi connectivity index (χ4n) is 3.32. The molecule has 1 fully saturated rings. The first-order valence-electron chi connectivity index (χ1n) is 8.19. The molecule has 23 heavy (non-hydrogen) atoms. The molecule has 1 N–H and O–H groups in total. The lowest BCUT2D eigenvalue weighted by Gasteiger charge is -2.07. The van der Waals surface area contributed by atoms with E-state index in [0.29, 0.717) is 19.1 Å². The third-order valence-electron chi connectivity index (χ3n) is 4.84. The van der Waals surface area contributed by atoms with Gasteiger partial charge in [-0.1, -0.05) is 25.5 Å². The Hall–Kier alpha value is -1.62. The second kappa shape index (κ2) is 6.48. The lowest BCUT2D eigenvalue weighted by Crippen LogP contribution is -2.18. The minimum absolute atomic E-state index is 0.0230. The first-order chi connectivity index (χ1) is 10.7. The number of carbonyl (C=O) groups excluding carboxylic acids is 1. The van der Waals surface area contributed by atoms with E-state index in [1.165, 1.54) is 5.57 Å². The molecule has 1 amide bonds. The number of methoxy groups -OCH3 is 1. The molecule has 0 spiro atoms. The smallest absolute Gasteiger partial charge is 0.228 e. The van der Waals surface area contributed by atoms with Gasteiger partial charge in [-0.2, -0.15) is 5.10 Å². The predicted molar refractivity (Wildman–Crippen MR) is 92.4 cm³/mol. The number of nitrogens with zero attached hydrogens (tertiary/aromatic N) is 2. The zero-order valence-corrected chi connectivity index (χ0v) is 15.4. The maximum atomic E-state index is 12.7. The summed E-state index contributed by atoms with van der Waals surface area (Å²) in [4.78, 5) is 12.7. The van der Waals surface area contributed by atoms with E-state index >= 15 is 0 Å². The molecule has 1 saturated carbocycles. The summed E-state index contributed by atoms with van der Waals surface area (Å²) in [6.45, 7) is 13.7. The van der Waals surface area contributed by atoms with Crippen molar-refractivity contribution in [2.75, 3.05) is 19.0 Å². The van der Waals surface area contributed by atoms with Crippen LogP contribution in [-0.4, -0.2) is 29.4 Å². The molecule has 1 aliphatic carbocycles. The number of ether oxygens (including phenoxy) is 1. The van der Waals surface area contributed by atoms with E-state index in [-0.39, 0.29) is 17.2 Å². The maximum absolute atomic E-state index is 12.7. The van der Waals surface area contributed by atoms with Crippen LogP contribution in [0.4, 0.5) is 5.69 Å². The maximum Gasteiger partial charge on any atom is 0.228 e. The fourth-order valence-corrected chi connectivity index (χ4v) is 3.32. The van der Waals surface area contributed by atoms with E-state index < -0.39 is 0 Å². The van der Waals surface area contributed by atoms with Gasteiger partial charge in [0.05, 0.1) is 36.1 Å². The van der Waals surface area contributed by atoms with Crippen LogP contribution in [0.1, 0.15) is 39.1 Å². The molecule has 1 aromatic heterocycles. The van der Waals surface area contributed by atoms with Gasteiger partial charge in [-0.15, -0.1) is 0 Å². The number of rotatable bonds is 6. The van der Waals surface area contributed by atoms with Crippen LogP contribution in [0.3, 0.4) is 0 Å². The van der Waals surface area contributed by atoms with Crippen molar-refractivity contribution >= 4 is 11.6 Å². The number of hydrogen-bond donors (Lipinski definition) is 1.